The fourth-order valence-corrected chi connectivity index (χ4v) is 0.595. The van der Waals surface area contributed by atoms with Crippen LogP contribution < -0.4 is 11.3 Å². The Bertz CT molecular complexity index is 160. The summed E-state index contributed by atoms with van der Waals surface area (Å²) in [7, 11) is 0. The molecule has 0 saturated heterocycles. The molecule has 0 aliphatic rings. The van der Waals surface area contributed by atoms with E-state index in [4.69, 9.17) is 5.84 Å². The first-order valence-corrected chi connectivity index (χ1v) is 3.59. The SMILES string of the molecule is NNC(=O)CCCOCC(F)(F)F. The Morgan fingerprint density at radius 2 is 2.08 bits per heavy atom. The molecule has 0 spiro atoms. The van der Waals surface area contributed by atoms with Crippen molar-refractivity contribution in [1.82, 2.24) is 5.43 Å². The first-order chi connectivity index (χ1) is 5.95. The fourth-order valence-electron chi connectivity index (χ4n) is 0.595. The maximum Gasteiger partial charge on any atom is 0.411 e. The summed E-state index contributed by atoms with van der Waals surface area (Å²) in [6, 6.07) is 0. The number of ether oxygens (including phenoxy) is 1. The van der Waals surface area contributed by atoms with E-state index >= 15 is 0 Å². The molecule has 0 aromatic rings. The van der Waals surface area contributed by atoms with E-state index in [0.717, 1.165) is 0 Å². The molecule has 7 heteroatoms. The van der Waals surface area contributed by atoms with Crippen LogP contribution in [0.25, 0.3) is 0 Å². The molecule has 0 radical (unpaired) electrons. The standard InChI is InChI=1S/C6H11F3N2O2/c7-6(8,9)4-13-3-1-2-5(12)11-10/h1-4,10H2,(H,11,12). The number of amides is 1. The average molecular weight is 200 g/mol. The zero-order chi connectivity index (χ0) is 10.3. The first kappa shape index (κ1) is 12.2. The molecule has 3 N–H and O–H groups in total. The van der Waals surface area contributed by atoms with Gasteiger partial charge in [0.05, 0.1) is 0 Å². The molecule has 0 aromatic carbocycles. The van der Waals surface area contributed by atoms with Gasteiger partial charge in [-0.3, -0.25) is 10.2 Å². The van der Waals surface area contributed by atoms with E-state index in [1.54, 1.807) is 0 Å². The number of carbonyl (C=O) groups is 1. The molecule has 0 unspecified atom stereocenters. The van der Waals surface area contributed by atoms with Crippen molar-refractivity contribution in [2.75, 3.05) is 13.2 Å². The Balaban J connectivity index is 3.22. The lowest BCUT2D eigenvalue weighted by atomic mass is 10.3. The summed E-state index contributed by atoms with van der Waals surface area (Å²) in [6.07, 6.45) is -4.02. The zero-order valence-electron chi connectivity index (χ0n) is 6.86. The number of nitrogens with one attached hydrogen (secondary N) is 1. The maximum atomic E-state index is 11.5. The van der Waals surface area contributed by atoms with Crippen LogP contribution in [0.3, 0.4) is 0 Å². The Morgan fingerprint density at radius 1 is 1.46 bits per heavy atom. The van der Waals surface area contributed by atoms with Crippen LogP contribution in [0.5, 0.6) is 0 Å². The van der Waals surface area contributed by atoms with Crippen LogP contribution in [0.1, 0.15) is 12.8 Å². The lowest BCUT2D eigenvalue weighted by Crippen LogP contribution is -2.30. The van der Waals surface area contributed by atoms with Crippen molar-refractivity contribution in [3.63, 3.8) is 0 Å². The monoisotopic (exact) mass is 200 g/mol. The quantitative estimate of drug-likeness (QED) is 0.291. The highest BCUT2D eigenvalue weighted by Gasteiger charge is 2.27. The summed E-state index contributed by atoms with van der Waals surface area (Å²) in [4.78, 5) is 10.5. The Labute approximate surface area is 73.2 Å². The van der Waals surface area contributed by atoms with Crippen molar-refractivity contribution in [3.05, 3.63) is 0 Å². The van der Waals surface area contributed by atoms with Gasteiger partial charge in [-0.1, -0.05) is 0 Å². The summed E-state index contributed by atoms with van der Waals surface area (Å²) < 4.78 is 38.7. The number of halogens is 3. The second-order valence-corrected chi connectivity index (χ2v) is 2.34. The van der Waals surface area contributed by atoms with Gasteiger partial charge in [0.2, 0.25) is 5.91 Å². The van der Waals surface area contributed by atoms with Crippen LogP contribution >= 0.6 is 0 Å². The third-order valence-corrected chi connectivity index (χ3v) is 1.12. The summed E-state index contributed by atoms with van der Waals surface area (Å²) in [5.74, 6) is 4.31. The van der Waals surface area contributed by atoms with Crippen LogP contribution in [-0.2, 0) is 9.53 Å². The Hall–Kier alpha value is -0.820. The van der Waals surface area contributed by atoms with Crippen LogP contribution in [-0.4, -0.2) is 25.3 Å². The largest absolute Gasteiger partial charge is 0.411 e. The number of alkyl halides is 3. The van der Waals surface area contributed by atoms with Gasteiger partial charge >= 0.3 is 6.18 Å². The van der Waals surface area contributed by atoms with Gasteiger partial charge in [0.1, 0.15) is 6.61 Å². The minimum absolute atomic E-state index is 0.0638. The zero-order valence-corrected chi connectivity index (χ0v) is 6.86. The van der Waals surface area contributed by atoms with Gasteiger partial charge in [-0.2, -0.15) is 13.2 Å². The van der Waals surface area contributed by atoms with E-state index in [-0.39, 0.29) is 19.4 Å². The van der Waals surface area contributed by atoms with E-state index in [9.17, 15) is 18.0 Å². The lowest BCUT2D eigenvalue weighted by Gasteiger charge is -2.06. The molecule has 13 heavy (non-hydrogen) atoms. The number of hydrazine groups is 1. The van der Waals surface area contributed by atoms with Crippen molar-refractivity contribution in [2.45, 2.75) is 19.0 Å². The molecule has 0 heterocycles. The molecule has 0 fully saturated rings. The van der Waals surface area contributed by atoms with Crippen molar-refractivity contribution in [3.8, 4) is 0 Å². The Kier molecular flexibility index (Phi) is 5.40. The van der Waals surface area contributed by atoms with Crippen molar-refractivity contribution < 1.29 is 22.7 Å². The number of nitrogens with two attached hydrogens (primary N) is 1. The van der Waals surface area contributed by atoms with E-state index in [0.29, 0.717) is 0 Å². The van der Waals surface area contributed by atoms with Crippen molar-refractivity contribution in [1.29, 1.82) is 0 Å². The molecule has 0 aliphatic heterocycles. The van der Waals surface area contributed by atoms with Crippen molar-refractivity contribution >= 4 is 5.91 Å². The third-order valence-electron chi connectivity index (χ3n) is 1.12. The van der Waals surface area contributed by atoms with Gasteiger partial charge in [-0.15, -0.1) is 0 Å². The normalized spacial score (nSPS) is 11.4. The number of rotatable bonds is 5. The maximum absolute atomic E-state index is 11.5. The minimum Gasteiger partial charge on any atom is -0.372 e. The second kappa shape index (κ2) is 5.76. The minimum atomic E-state index is -4.31. The molecule has 0 atom stereocenters. The van der Waals surface area contributed by atoms with E-state index < -0.39 is 18.7 Å². The van der Waals surface area contributed by atoms with Crippen LogP contribution in [0.4, 0.5) is 13.2 Å². The van der Waals surface area contributed by atoms with Crippen LogP contribution in [0.2, 0.25) is 0 Å². The summed E-state index contributed by atoms with van der Waals surface area (Å²) >= 11 is 0. The van der Waals surface area contributed by atoms with Gasteiger partial charge in [0.25, 0.3) is 0 Å². The second-order valence-electron chi connectivity index (χ2n) is 2.34. The Morgan fingerprint density at radius 3 is 2.54 bits per heavy atom. The van der Waals surface area contributed by atoms with Gasteiger partial charge in [0, 0.05) is 13.0 Å². The highest BCUT2D eigenvalue weighted by Crippen LogP contribution is 2.14. The van der Waals surface area contributed by atoms with E-state index in [1.165, 1.54) is 0 Å². The number of hydrogen-bond donors (Lipinski definition) is 2. The predicted octanol–water partition coefficient (Wildman–Crippen LogP) is 0.335. The van der Waals surface area contributed by atoms with E-state index in [2.05, 4.69) is 4.74 Å². The molecule has 4 nitrogen and oxygen atoms in total. The van der Waals surface area contributed by atoms with Gasteiger partial charge in [-0.05, 0) is 6.42 Å². The molecule has 0 saturated carbocycles. The molecule has 0 bridgehead atoms. The van der Waals surface area contributed by atoms with Gasteiger partial charge in [0.15, 0.2) is 0 Å². The summed E-state index contributed by atoms with van der Waals surface area (Å²) in [6.45, 7) is -1.38. The molecule has 0 aliphatic carbocycles. The molecule has 78 valence electrons. The number of carbonyl (C=O) groups excluding carboxylic acids is 1. The highest BCUT2D eigenvalue weighted by atomic mass is 19.4. The first-order valence-electron chi connectivity index (χ1n) is 3.59. The predicted molar refractivity (Wildman–Crippen MR) is 38.4 cm³/mol. The molecule has 0 aromatic heterocycles. The molecule has 0 rings (SSSR count). The van der Waals surface area contributed by atoms with Gasteiger partial charge in [-0.25, -0.2) is 5.84 Å². The molecule has 1 amide bonds. The van der Waals surface area contributed by atoms with E-state index in [1.807, 2.05) is 5.43 Å². The smallest absolute Gasteiger partial charge is 0.372 e. The highest BCUT2D eigenvalue weighted by molar-refractivity contribution is 5.75. The summed E-state index contributed by atoms with van der Waals surface area (Å²) in [5, 5.41) is 0. The third kappa shape index (κ3) is 9.09. The topological polar surface area (TPSA) is 64.3 Å². The summed E-state index contributed by atoms with van der Waals surface area (Å²) in [5.41, 5.74) is 1.86. The molecular formula is C6H11F3N2O2. The fraction of sp³-hybridized carbons (Fsp3) is 0.833. The average Bonchev–Trinajstić information content (AvgIpc) is 2.01. The van der Waals surface area contributed by atoms with Crippen LogP contribution in [0.15, 0.2) is 0 Å². The van der Waals surface area contributed by atoms with Gasteiger partial charge < -0.3 is 4.74 Å². The lowest BCUT2D eigenvalue weighted by molar-refractivity contribution is -0.174. The van der Waals surface area contributed by atoms with Crippen molar-refractivity contribution in [2.24, 2.45) is 5.84 Å². The van der Waals surface area contributed by atoms with Crippen LogP contribution in [0, 0.1) is 0 Å². The number of hydrogen-bond acceptors (Lipinski definition) is 3. The molecular weight excluding hydrogens is 189 g/mol.